The molecule has 15 heavy (non-hydrogen) atoms. The van der Waals surface area contributed by atoms with Crippen LogP contribution in [0.4, 0.5) is 0 Å². The van der Waals surface area contributed by atoms with Gasteiger partial charge >= 0.3 is 0 Å². The molecule has 1 atom stereocenters. The Morgan fingerprint density at radius 1 is 1.27 bits per heavy atom. The van der Waals surface area contributed by atoms with Gasteiger partial charge in [-0.2, -0.15) is 0 Å². The van der Waals surface area contributed by atoms with Crippen LogP contribution in [0.5, 0.6) is 0 Å². The molecule has 0 spiro atoms. The molecule has 0 unspecified atom stereocenters. The van der Waals surface area contributed by atoms with E-state index in [4.69, 9.17) is 4.74 Å². The number of hydrogen-bond donors (Lipinski definition) is 0. The molecule has 0 fully saturated rings. The van der Waals surface area contributed by atoms with E-state index in [2.05, 4.69) is 11.8 Å². The van der Waals surface area contributed by atoms with Crippen LogP contribution < -0.4 is 0 Å². The highest BCUT2D eigenvalue weighted by molar-refractivity contribution is 5.90. The number of benzene rings is 1. The largest absolute Gasteiger partial charge is 0.485 e. The molecule has 2 heteroatoms. The average Bonchev–Trinajstić information content (AvgIpc) is 2.28. The Kier molecular flexibility index (Phi) is 2.85. The van der Waals surface area contributed by atoms with Crippen LogP contribution in [-0.2, 0) is 9.53 Å². The normalized spacial score (nSPS) is 18.9. The molecular weight excluding hydrogens is 188 g/mol. The summed E-state index contributed by atoms with van der Waals surface area (Å²) in [5.41, 5.74) is 0.933. The van der Waals surface area contributed by atoms with Gasteiger partial charge in [0.05, 0.1) is 12.7 Å². The first-order valence-electron chi connectivity index (χ1n) is 4.76. The van der Waals surface area contributed by atoms with Gasteiger partial charge in [-0.25, -0.2) is 0 Å². The van der Waals surface area contributed by atoms with Crippen LogP contribution in [0.15, 0.2) is 42.7 Å². The quantitative estimate of drug-likeness (QED) is 0.595. The van der Waals surface area contributed by atoms with Gasteiger partial charge in [-0.1, -0.05) is 30.0 Å². The first-order chi connectivity index (χ1) is 7.34. The van der Waals surface area contributed by atoms with Crippen molar-refractivity contribution in [3.8, 4) is 11.8 Å². The van der Waals surface area contributed by atoms with Crippen molar-refractivity contribution in [1.29, 1.82) is 0 Å². The molecule has 1 aliphatic heterocycles. The second-order valence-electron chi connectivity index (χ2n) is 3.23. The van der Waals surface area contributed by atoms with Crippen molar-refractivity contribution < 1.29 is 9.53 Å². The molecular formula is C13H10O2. The lowest BCUT2D eigenvalue weighted by Gasteiger charge is -2.11. The topological polar surface area (TPSA) is 26.3 Å². The molecule has 2 rings (SSSR count). The zero-order valence-corrected chi connectivity index (χ0v) is 8.14. The van der Waals surface area contributed by atoms with Crippen LogP contribution in [0, 0.1) is 11.8 Å². The summed E-state index contributed by atoms with van der Waals surface area (Å²) in [4.78, 5) is 11.1. The molecule has 2 nitrogen and oxygen atoms in total. The fourth-order valence-electron chi connectivity index (χ4n) is 1.28. The molecule has 1 aromatic rings. The summed E-state index contributed by atoms with van der Waals surface area (Å²) < 4.78 is 5.20. The summed E-state index contributed by atoms with van der Waals surface area (Å²) in [5, 5.41) is 0. The first-order valence-corrected chi connectivity index (χ1v) is 4.76. The molecule has 1 heterocycles. The molecule has 0 radical (unpaired) electrons. The highest BCUT2D eigenvalue weighted by Gasteiger charge is 2.13. The number of ether oxygens (including phenoxy) is 1. The maximum atomic E-state index is 11.1. The van der Waals surface area contributed by atoms with Crippen LogP contribution in [0.25, 0.3) is 0 Å². The third kappa shape index (κ3) is 2.72. The van der Waals surface area contributed by atoms with E-state index in [1.165, 1.54) is 12.3 Å². The minimum atomic E-state index is -0.303. The predicted octanol–water partition coefficient (Wildman–Crippen LogP) is 1.91. The van der Waals surface area contributed by atoms with Crippen molar-refractivity contribution in [2.45, 2.75) is 12.5 Å². The van der Waals surface area contributed by atoms with Crippen molar-refractivity contribution >= 4 is 5.78 Å². The van der Waals surface area contributed by atoms with E-state index in [1.54, 1.807) is 0 Å². The minimum Gasteiger partial charge on any atom is -0.485 e. The van der Waals surface area contributed by atoms with Crippen molar-refractivity contribution in [3.05, 3.63) is 48.2 Å². The van der Waals surface area contributed by atoms with Crippen molar-refractivity contribution in [2.24, 2.45) is 0 Å². The van der Waals surface area contributed by atoms with E-state index < -0.39 is 0 Å². The Hall–Kier alpha value is -2.01. The monoisotopic (exact) mass is 198 g/mol. The van der Waals surface area contributed by atoms with Gasteiger partial charge in [0.15, 0.2) is 11.9 Å². The van der Waals surface area contributed by atoms with Gasteiger partial charge in [0.1, 0.15) is 0 Å². The summed E-state index contributed by atoms with van der Waals surface area (Å²) in [6.45, 7) is 0. The highest BCUT2D eigenvalue weighted by Crippen LogP contribution is 2.06. The Bertz CT molecular complexity index is 435. The highest BCUT2D eigenvalue weighted by atomic mass is 16.5. The molecule has 1 aliphatic rings. The van der Waals surface area contributed by atoms with E-state index in [0.717, 1.165) is 5.56 Å². The van der Waals surface area contributed by atoms with E-state index in [0.29, 0.717) is 6.42 Å². The fraction of sp³-hybridized carbons (Fsp3) is 0.154. The number of rotatable bonds is 0. The molecule has 0 aliphatic carbocycles. The number of carbonyl (C=O) groups is 1. The van der Waals surface area contributed by atoms with Gasteiger partial charge < -0.3 is 4.74 Å². The van der Waals surface area contributed by atoms with Crippen LogP contribution >= 0.6 is 0 Å². The molecule has 74 valence electrons. The standard InChI is InChI=1S/C13H10O2/c14-12-8-9-15-13(10-12)7-6-11-4-2-1-3-5-11/h1-5,8-9,13H,10H2/t13-/m1/s1. The summed E-state index contributed by atoms with van der Waals surface area (Å²) in [5.74, 6) is 5.96. The third-order valence-corrected chi connectivity index (χ3v) is 2.03. The van der Waals surface area contributed by atoms with Gasteiger partial charge in [-0.3, -0.25) is 4.79 Å². The average molecular weight is 198 g/mol. The smallest absolute Gasteiger partial charge is 0.165 e. The van der Waals surface area contributed by atoms with Crippen molar-refractivity contribution in [1.82, 2.24) is 0 Å². The first kappa shape index (κ1) is 9.54. The Morgan fingerprint density at radius 3 is 2.80 bits per heavy atom. The maximum absolute atomic E-state index is 11.1. The van der Waals surface area contributed by atoms with E-state index in [1.807, 2.05) is 30.3 Å². The Morgan fingerprint density at radius 2 is 2.07 bits per heavy atom. The van der Waals surface area contributed by atoms with E-state index in [-0.39, 0.29) is 11.9 Å². The Labute approximate surface area is 88.6 Å². The molecule has 0 saturated carbocycles. The van der Waals surface area contributed by atoms with Crippen LogP contribution in [-0.4, -0.2) is 11.9 Å². The van der Waals surface area contributed by atoms with Gasteiger partial charge in [-0.15, -0.1) is 0 Å². The molecule has 1 aromatic carbocycles. The van der Waals surface area contributed by atoms with Crippen molar-refractivity contribution in [3.63, 3.8) is 0 Å². The lowest BCUT2D eigenvalue weighted by molar-refractivity contribution is -0.117. The number of carbonyl (C=O) groups excluding carboxylic acids is 1. The zero-order chi connectivity index (χ0) is 10.5. The maximum Gasteiger partial charge on any atom is 0.165 e. The van der Waals surface area contributed by atoms with Crippen molar-refractivity contribution in [2.75, 3.05) is 0 Å². The van der Waals surface area contributed by atoms with Gasteiger partial charge in [0, 0.05) is 11.6 Å². The van der Waals surface area contributed by atoms with E-state index >= 15 is 0 Å². The van der Waals surface area contributed by atoms with Crippen LogP contribution in [0.3, 0.4) is 0 Å². The minimum absolute atomic E-state index is 0.0635. The SMILES string of the molecule is O=C1C=CO[C@H](C#Cc2ccccc2)C1. The third-order valence-electron chi connectivity index (χ3n) is 2.03. The number of allylic oxidation sites excluding steroid dienone is 1. The molecule has 0 amide bonds. The molecule has 0 aromatic heterocycles. The predicted molar refractivity (Wildman–Crippen MR) is 57.0 cm³/mol. The van der Waals surface area contributed by atoms with E-state index in [9.17, 15) is 4.79 Å². The second kappa shape index (κ2) is 4.47. The summed E-state index contributed by atoms with van der Waals surface area (Å²) in [6.07, 6.45) is 2.88. The van der Waals surface area contributed by atoms with Gasteiger partial charge in [-0.05, 0) is 12.1 Å². The fourth-order valence-corrected chi connectivity index (χ4v) is 1.28. The molecule has 0 saturated heterocycles. The second-order valence-corrected chi connectivity index (χ2v) is 3.23. The summed E-state index contributed by atoms with van der Waals surface area (Å²) >= 11 is 0. The number of hydrogen-bond acceptors (Lipinski definition) is 2. The van der Waals surface area contributed by atoms with Crippen LogP contribution in [0.1, 0.15) is 12.0 Å². The Balaban J connectivity index is 2.06. The zero-order valence-electron chi connectivity index (χ0n) is 8.14. The van der Waals surface area contributed by atoms with Crippen LogP contribution in [0.2, 0.25) is 0 Å². The number of ketones is 1. The molecule has 0 N–H and O–H groups in total. The lowest BCUT2D eigenvalue weighted by Crippen LogP contribution is -2.16. The summed E-state index contributed by atoms with van der Waals surface area (Å²) in [7, 11) is 0. The van der Waals surface area contributed by atoms with Gasteiger partial charge in [0.25, 0.3) is 0 Å². The summed E-state index contributed by atoms with van der Waals surface area (Å²) in [6, 6.07) is 9.64. The lowest BCUT2D eigenvalue weighted by atomic mass is 10.1. The van der Waals surface area contributed by atoms with Gasteiger partial charge in [0.2, 0.25) is 0 Å². The molecule has 0 bridgehead atoms.